The highest BCUT2D eigenvalue weighted by Crippen LogP contribution is 2.31. The fraction of sp³-hybridized carbons (Fsp3) is 0.0385. The molecule has 4 aromatic rings. The normalized spacial score (nSPS) is 10.4. The number of amides is 2. The maximum absolute atomic E-state index is 13.4. The summed E-state index contributed by atoms with van der Waals surface area (Å²) in [7, 11) is 0. The minimum Gasteiger partial charge on any atom is -0.410 e. The number of pyridine rings is 1. The van der Waals surface area contributed by atoms with Crippen molar-refractivity contribution in [3.8, 4) is 17.0 Å². The van der Waals surface area contributed by atoms with Crippen molar-refractivity contribution >= 4 is 23.5 Å². The molecule has 8 nitrogen and oxygen atoms in total. The molecule has 1 aromatic heterocycles. The zero-order valence-corrected chi connectivity index (χ0v) is 18.2. The van der Waals surface area contributed by atoms with Gasteiger partial charge in [-0.15, -0.1) is 0 Å². The van der Waals surface area contributed by atoms with Gasteiger partial charge in [0.05, 0.1) is 17.0 Å². The van der Waals surface area contributed by atoms with Crippen molar-refractivity contribution in [2.45, 2.75) is 6.42 Å². The monoisotopic (exact) mass is 471 g/mol. The minimum atomic E-state index is -1.15. The highest BCUT2D eigenvalue weighted by Gasteiger charge is 2.33. The molecule has 3 aromatic carbocycles. The lowest BCUT2D eigenvalue weighted by atomic mass is 10.1. The highest BCUT2D eigenvalue weighted by molar-refractivity contribution is 6.14. The lowest BCUT2D eigenvalue weighted by Crippen LogP contribution is -2.41. The molecule has 0 unspecified atom stereocenters. The van der Waals surface area contributed by atoms with Crippen molar-refractivity contribution in [2.75, 3.05) is 4.90 Å². The summed E-state index contributed by atoms with van der Waals surface area (Å²) >= 11 is 0. The van der Waals surface area contributed by atoms with Crippen LogP contribution in [0.4, 0.5) is 20.7 Å². The van der Waals surface area contributed by atoms with E-state index in [2.05, 4.69) is 4.98 Å². The molecule has 0 bridgehead atoms. The topological polar surface area (TPSA) is 103 Å². The van der Waals surface area contributed by atoms with Gasteiger partial charge in [0.15, 0.2) is 0 Å². The van der Waals surface area contributed by atoms with Gasteiger partial charge >= 0.3 is 11.8 Å². The Hall–Kier alpha value is -4.92. The molecule has 0 saturated heterocycles. The Bertz CT molecular complexity index is 1310. The molecule has 1 heterocycles. The van der Waals surface area contributed by atoms with Gasteiger partial charge in [-0.2, -0.15) is 4.90 Å². The molecule has 174 valence electrons. The zero-order chi connectivity index (χ0) is 24.8. The highest BCUT2D eigenvalue weighted by atomic mass is 19.1. The summed E-state index contributed by atoms with van der Waals surface area (Å²) in [4.78, 5) is 42.4. The van der Waals surface area contributed by atoms with Gasteiger partial charge in [0.2, 0.25) is 11.7 Å². The van der Waals surface area contributed by atoms with Crippen LogP contribution in [0.25, 0.3) is 11.3 Å². The zero-order valence-electron chi connectivity index (χ0n) is 18.2. The molecule has 9 heteroatoms. The van der Waals surface area contributed by atoms with Crippen LogP contribution in [-0.2, 0) is 11.2 Å². The Morgan fingerprint density at radius 1 is 0.886 bits per heavy atom. The van der Waals surface area contributed by atoms with Crippen LogP contribution in [0.3, 0.4) is 0 Å². The average Bonchev–Trinajstić information content (AvgIpc) is 2.85. The van der Waals surface area contributed by atoms with Crippen molar-refractivity contribution in [3.05, 3.63) is 119 Å². The van der Waals surface area contributed by atoms with Crippen molar-refractivity contribution in [1.29, 1.82) is 0 Å². The van der Waals surface area contributed by atoms with Gasteiger partial charge in [0.1, 0.15) is 11.6 Å². The lowest BCUT2D eigenvalue weighted by molar-refractivity contribution is -0.384. The number of anilines is 1. The van der Waals surface area contributed by atoms with Crippen molar-refractivity contribution in [2.24, 2.45) is 0 Å². The third-order valence-corrected chi connectivity index (χ3v) is 4.98. The lowest BCUT2D eigenvalue weighted by Gasteiger charge is -2.20. The van der Waals surface area contributed by atoms with E-state index in [1.807, 2.05) is 0 Å². The first kappa shape index (κ1) is 23.2. The Morgan fingerprint density at radius 2 is 1.51 bits per heavy atom. The van der Waals surface area contributed by atoms with Gasteiger partial charge in [-0.3, -0.25) is 14.9 Å². The summed E-state index contributed by atoms with van der Waals surface area (Å²) in [5, 5.41) is 11.8. The van der Waals surface area contributed by atoms with Crippen LogP contribution < -0.4 is 9.64 Å². The van der Waals surface area contributed by atoms with Crippen LogP contribution >= 0.6 is 0 Å². The van der Waals surface area contributed by atoms with E-state index in [0.717, 1.165) is 6.07 Å². The molecular weight excluding hydrogens is 453 g/mol. The Balaban J connectivity index is 1.80. The number of nitro groups is 1. The standard InChI is InChI=1S/C26H18FN3O5/c27-20-13-11-19(12-14-20)22-15-16-23(30(33)34)25(28-22)29(24(31)17-18-7-3-1-4-8-18)26(32)35-21-9-5-2-6-10-21/h1-16H,17H2. The molecular formula is C26H18FN3O5. The van der Waals surface area contributed by atoms with Gasteiger partial charge in [-0.05, 0) is 48.0 Å². The van der Waals surface area contributed by atoms with Crippen LogP contribution in [0.2, 0.25) is 0 Å². The fourth-order valence-corrected chi connectivity index (χ4v) is 3.32. The molecule has 0 saturated carbocycles. The first-order valence-electron chi connectivity index (χ1n) is 10.5. The summed E-state index contributed by atoms with van der Waals surface area (Å²) in [6.07, 6.45) is -1.38. The SMILES string of the molecule is O=C(Cc1ccccc1)N(C(=O)Oc1ccccc1)c1nc(-c2ccc(F)cc2)ccc1[N+](=O)[O-]. The number of rotatable bonds is 6. The van der Waals surface area contributed by atoms with Crippen LogP contribution in [0, 0.1) is 15.9 Å². The molecule has 0 aliphatic rings. The smallest absolute Gasteiger partial charge is 0.410 e. The van der Waals surface area contributed by atoms with Crippen LogP contribution in [0.5, 0.6) is 5.75 Å². The third-order valence-electron chi connectivity index (χ3n) is 4.98. The van der Waals surface area contributed by atoms with Gasteiger partial charge in [0, 0.05) is 11.6 Å². The van der Waals surface area contributed by atoms with E-state index in [1.165, 1.54) is 42.5 Å². The third kappa shape index (κ3) is 5.53. The predicted octanol–water partition coefficient (Wildman–Crippen LogP) is 5.57. The van der Waals surface area contributed by atoms with E-state index in [1.54, 1.807) is 48.5 Å². The Morgan fingerprint density at radius 3 is 2.14 bits per heavy atom. The van der Waals surface area contributed by atoms with E-state index in [-0.39, 0.29) is 17.9 Å². The maximum atomic E-state index is 13.4. The molecule has 0 spiro atoms. The molecule has 0 aliphatic heterocycles. The molecule has 4 rings (SSSR count). The second-order valence-electron chi connectivity index (χ2n) is 7.38. The second kappa shape index (κ2) is 10.3. The number of carbonyl (C=O) groups excluding carboxylic acids is 2. The number of hydrogen-bond acceptors (Lipinski definition) is 6. The van der Waals surface area contributed by atoms with E-state index in [4.69, 9.17) is 4.74 Å². The van der Waals surface area contributed by atoms with Gasteiger partial charge in [0.25, 0.3) is 0 Å². The largest absolute Gasteiger partial charge is 0.428 e. The molecule has 0 N–H and O–H groups in total. The number of nitrogens with zero attached hydrogens (tertiary/aromatic N) is 3. The summed E-state index contributed by atoms with van der Waals surface area (Å²) in [6.45, 7) is 0. The van der Waals surface area contributed by atoms with Crippen LogP contribution in [-0.4, -0.2) is 21.9 Å². The molecule has 0 fully saturated rings. The predicted molar refractivity (Wildman–Crippen MR) is 126 cm³/mol. The number of benzene rings is 3. The van der Waals surface area contributed by atoms with E-state index in [9.17, 15) is 24.1 Å². The molecule has 2 amide bonds. The van der Waals surface area contributed by atoms with Crippen molar-refractivity contribution in [3.63, 3.8) is 0 Å². The Labute approximate surface area is 199 Å². The number of halogens is 1. The van der Waals surface area contributed by atoms with Crippen LogP contribution in [0.15, 0.2) is 97.1 Å². The van der Waals surface area contributed by atoms with E-state index in [0.29, 0.717) is 16.0 Å². The first-order valence-corrected chi connectivity index (χ1v) is 10.5. The molecule has 35 heavy (non-hydrogen) atoms. The van der Waals surface area contributed by atoms with Crippen LogP contribution in [0.1, 0.15) is 5.56 Å². The number of hydrogen-bond donors (Lipinski definition) is 0. The average molecular weight is 471 g/mol. The summed E-state index contributed by atoms with van der Waals surface area (Å²) in [5.41, 5.74) is 0.666. The number of carbonyl (C=O) groups is 2. The summed E-state index contributed by atoms with van der Waals surface area (Å²) in [6, 6.07) is 24.4. The molecule has 0 aliphatic carbocycles. The van der Waals surface area contributed by atoms with Gasteiger partial charge < -0.3 is 4.74 Å². The van der Waals surface area contributed by atoms with Crippen molar-refractivity contribution in [1.82, 2.24) is 4.98 Å². The number of imide groups is 1. The minimum absolute atomic E-state index is 0.146. The maximum Gasteiger partial charge on any atom is 0.428 e. The van der Waals surface area contributed by atoms with E-state index < -0.39 is 34.2 Å². The summed E-state index contributed by atoms with van der Waals surface area (Å²) < 4.78 is 18.7. The summed E-state index contributed by atoms with van der Waals surface area (Å²) in [5.74, 6) is -1.60. The van der Waals surface area contributed by atoms with Gasteiger partial charge in [-0.25, -0.2) is 14.2 Å². The first-order chi connectivity index (χ1) is 16.9. The quantitative estimate of drug-likeness (QED) is 0.269. The Kier molecular flexibility index (Phi) is 6.87. The number of para-hydroxylation sites is 1. The molecule has 0 atom stereocenters. The fourth-order valence-electron chi connectivity index (χ4n) is 3.32. The molecule has 0 radical (unpaired) electrons. The second-order valence-corrected chi connectivity index (χ2v) is 7.38. The number of aromatic nitrogens is 1. The van der Waals surface area contributed by atoms with Crippen molar-refractivity contribution < 1.29 is 23.6 Å². The van der Waals surface area contributed by atoms with E-state index >= 15 is 0 Å². The number of ether oxygens (including phenoxy) is 1. The van der Waals surface area contributed by atoms with Gasteiger partial charge in [-0.1, -0.05) is 48.5 Å².